The number of nitrogens with one attached hydrogen (secondary N) is 1. The molecule has 3 N–H and O–H groups in total. The molecule has 6 rings (SSSR count). The van der Waals surface area contributed by atoms with Crippen LogP contribution in [-0.4, -0.2) is 42.4 Å². The van der Waals surface area contributed by atoms with Crippen molar-refractivity contribution in [2.75, 3.05) is 4.90 Å². The van der Waals surface area contributed by atoms with Crippen LogP contribution in [0.1, 0.15) is 26.2 Å². The molecule has 0 saturated carbocycles. The molecule has 2 bridgehead atoms. The summed E-state index contributed by atoms with van der Waals surface area (Å²) in [7, 11) is 1.79. The first-order valence-electron chi connectivity index (χ1n) is 10.8. The second-order valence-corrected chi connectivity index (χ2v) is 9.03. The minimum absolute atomic E-state index is 0.0865. The predicted molar refractivity (Wildman–Crippen MR) is 123 cm³/mol. The predicted octanol–water partition coefficient (Wildman–Crippen LogP) is 3.02. The monoisotopic (exact) mass is 437 g/mol. The summed E-state index contributed by atoms with van der Waals surface area (Å²) >= 11 is 6.77. The number of halogens is 1. The van der Waals surface area contributed by atoms with Gasteiger partial charge in [-0.2, -0.15) is 10.1 Å². The smallest absolute Gasteiger partial charge is 0.264 e. The van der Waals surface area contributed by atoms with Crippen molar-refractivity contribution in [2.45, 2.75) is 50.9 Å². The van der Waals surface area contributed by atoms with Gasteiger partial charge in [0.2, 0.25) is 5.95 Å². The number of nitrogens with two attached hydrogens (primary N) is 1. The number of hydrogen-bond donors (Lipinski definition) is 2. The molecule has 0 aliphatic carbocycles. The van der Waals surface area contributed by atoms with Crippen molar-refractivity contribution in [3.8, 4) is 11.1 Å². The van der Waals surface area contributed by atoms with Gasteiger partial charge in [0, 0.05) is 60.6 Å². The highest BCUT2D eigenvalue weighted by molar-refractivity contribution is 6.38. The van der Waals surface area contributed by atoms with Crippen LogP contribution in [0.2, 0.25) is 5.02 Å². The lowest BCUT2D eigenvalue weighted by molar-refractivity contribution is 0.503. The number of aromatic nitrogens is 5. The number of fused-ring (bicyclic) bond motifs is 4. The summed E-state index contributed by atoms with van der Waals surface area (Å²) in [6.07, 6.45) is 6.87. The fourth-order valence-electron chi connectivity index (χ4n) is 5.42. The zero-order valence-electron chi connectivity index (χ0n) is 17.5. The summed E-state index contributed by atoms with van der Waals surface area (Å²) < 4.78 is 3.52. The van der Waals surface area contributed by atoms with Crippen LogP contribution in [0.25, 0.3) is 33.1 Å². The van der Waals surface area contributed by atoms with E-state index in [0.29, 0.717) is 28.0 Å². The SMILES string of the molecule is CCn1cc2c(Cl)c(-c3c[nH]c4nc(N5[C@H]6CC[C@@H]5[C@H](N)C6)n(C)c(=O)c34)ccc2n1. The third-order valence-corrected chi connectivity index (χ3v) is 7.40. The molecular weight excluding hydrogens is 414 g/mol. The van der Waals surface area contributed by atoms with E-state index in [2.05, 4.69) is 15.0 Å². The normalized spacial score (nSPS) is 23.0. The first-order chi connectivity index (χ1) is 15.0. The quantitative estimate of drug-likeness (QED) is 0.513. The van der Waals surface area contributed by atoms with Gasteiger partial charge in [-0.1, -0.05) is 17.7 Å². The van der Waals surface area contributed by atoms with E-state index < -0.39 is 0 Å². The van der Waals surface area contributed by atoms with Gasteiger partial charge in [0.05, 0.1) is 15.9 Å². The zero-order chi connectivity index (χ0) is 21.4. The van der Waals surface area contributed by atoms with Crippen molar-refractivity contribution in [2.24, 2.45) is 12.8 Å². The summed E-state index contributed by atoms with van der Waals surface area (Å²) in [6.45, 7) is 2.80. The Balaban J connectivity index is 1.53. The zero-order valence-corrected chi connectivity index (χ0v) is 18.2. The first kappa shape index (κ1) is 18.9. The lowest BCUT2D eigenvalue weighted by atomic mass is 9.97. The molecule has 3 atom stereocenters. The van der Waals surface area contributed by atoms with E-state index in [1.807, 2.05) is 36.1 Å². The highest BCUT2D eigenvalue weighted by atomic mass is 35.5. The third kappa shape index (κ3) is 2.55. The molecule has 160 valence electrons. The molecule has 3 aromatic heterocycles. The second kappa shape index (κ2) is 6.58. The summed E-state index contributed by atoms with van der Waals surface area (Å²) in [5, 5.41) is 6.53. The van der Waals surface area contributed by atoms with Crippen LogP contribution in [0.3, 0.4) is 0 Å². The van der Waals surface area contributed by atoms with Crippen LogP contribution in [0.5, 0.6) is 0 Å². The maximum atomic E-state index is 13.5. The molecule has 2 aliphatic rings. The van der Waals surface area contributed by atoms with Gasteiger partial charge in [0.1, 0.15) is 5.65 Å². The summed E-state index contributed by atoms with van der Waals surface area (Å²) in [5.74, 6) is 0.692. The minimum Gasteiger partial charge on any atom is -0.345 e. The molecule has 0 amide bonds. The molecule has 0 unspecified atom stereocenters. The van der Waals surface area contributed by atoms with Crippen molar-refractivity contribution >= 4 is 39.5 Å². The Hall–Kier alpha value is -2.84. The van der Waals surface area contributed by atoms with Crippen molar-refractivity contribution in [3.63, 3.8) is 0 Å². The van der Waals surface area contributed by atoms with E-state index in [4.69, 9.17) is 22.3 Å². The second-order valence-electron chi connectivity index (χ2n) is 8.65. The van der Waals surface area contributed by atoms with Gasteiger partial charge >= 0.3 is 0 Å². The third-order valence-electron chi connectivity index (χ3n) is 6.99. The maximum Gasteiger partial charge on any atom is 0.264 e. The van der Waals surface area contributed by atoms with Crippen LogP contribution in [0.4, 0.5) is 5.95 Å². The first-order valence-corrected chi connectivity index (χ1v) is 11.1. The molecule has 4 aromatic rings. The van der Waals surface area contributed by atoms with E-state index in [9.17, 15) is 4.79 Å². The Labute approximate surface area is 183 Å². The highest BCUT2D eigenvalue weighted by Gasteiger charge is 2.46. The molecule has 31 heavy (non-hydrogen) atoms. The summed E-state index contributed by atoms with van der Waals surface area (Å²) in [4.78, 5) is 23.8. The lowest BCUT2D eigenvalue weighted by Gasteiger charge is -2.25. The largest absolute Gasteiger partial charge is 0.345 e. The topological polar surface area (TPSA) is 97.8 Å². The molecule has 5 heterocycles. The number of aryl methyl sites for hydroxylation is 1. The number of hydrogen-bond acceptors (Lipinski definition) is 5. The van der Waals surface area contributed by atoms with Crippen molar-refractivity contribution < 1.29 is 0 Å². The van der Waals surface area contributed by atoms with E-state index in [1.54, 1.807) is 11.6 Å². The average Bonchev–Trinajstić information content (AvgIpc) is 3.52. The van der Waals surface area contributed by atoms with Crippen LogP contribution >= 0.6 is 11.6 Å². The van der Waals surface area contributed by atoms with Crippen LogP contribution < -0.4 is 16.2 Å². The Morgan fingerprint density at radius 2 is 2.13 bits per heavy atom. The number of nitrogens with zero attached hydrogens (tertiary/aromatic N) is 5. The summed E-state index contributed by atoms with van der Waals surface area (Å²) in [6, 6.07) is 4.61. The molecule has 0 radical (unpaired) electrons. The Kier molecular flexibility index (Phi) is 4.01. The lowest BCUT2D eigenvalue weighted by Crippen LogP contribution is -2.40. The number of H-pyrrole nitrogens is 1. The molecular formula is C22H24ClN7O. The Bertz CT molecular complexity index is 1400. The molecule has 2 fully saturated rings. The molecule has 0 spiro atoms. The van der Waals surface area contributed by atoms with Gasteiger partial charge in [0.15, 0.2) is 0 Å². The summed E-state index contributed by atoms with van der Waals surface area (Å²) in [5.41, 5.74) is 9.20. The van der Waals surface area contributed by atoms with E-state index in [-0.39, 0.29) is 17.6 Å². The highest BCUT2D eigenvalue weighted by Crippen LogP contribution is 2.40. The molecule has 2 aliphatic heterocycles. The number of benzene rings is 1. The molecule has 9 heteroatoms. The minimum atomic E-state index is -0.0865. The van der Waals surface area contributed by atoms with Crippen LogP contribution in [0.15, 0.2) is 29.3 Å². The standard InChI is InChI=1S/C22H24ClN7O/c1-3-29-10-14-16(27-29)6-5-12(19(14)23)13-9-25-20-18(13)21(31)28(2)22(26-20)30-11-4-7-17(30)15(24)8-11/h5-6,9-11,15,17,25H,3-4,7-8,24H2,1-2H3/t11-,15+,17+/m0/s1. The number of aromatic amines is 1. The van der Waals surface area contributed by atoms with Gasteiger partial charge in [-0.05, 0) is 32.3 Å². The van der Waals surface area contributed by atoms with Crippen molar-refractivity contribution in [1.29, 1.82) is 0 Å². The maximum absolute atomic E-state index is 13.5. The van der Waals surface area contributed by atoms with E-state index in [1.165, 1.54) is 0 Å². The van der Waals surface area contributed by atoms with Gasteiger partial charge in [-0.3, -0.25) is 14.0 Å². The molecule has 2 saturated heterocycles. The van der Waals surface area contributed by atoms with Crippen LogP contribution in [0, 0.1) is 0 Å². The van der Waals surface area contributed by atoms with Gasteiger partial charge < -0.3 is 15.6 Å². The molecule has 8 nitrogen and oxygen atoms in total. The van der Waals surface area contributed by atoms with E-state index in [0.717, 1.165) is 47.8 Å². The molecule has 1 aromatic carbocycles. The van der Waals surface area contributed by atoms with E-state index >= 15 is 0 Å². The Morgan fingerprint density at radius 1 is 1.29 bits per heavy atom. The van der Waals surface area contributed by atoms with Crippen molar-refractivity contribution in [3.05, 3.63) is 39.9 Å². The van der Waals surface area contributed by atoms with Gasteiger partial charge in [0.25, 0.3) is 5.56 Å². The number of anilines is 1. The fourth-order valence-corrected chi connectivity index (χ4v) is 5.73. The van der Waals surface area contributed by atoms with Gasteiger partial charge in [-0.25, -0.2) is 0 Å². The Morgan fingerprint density at radius 3 is 2.84 bits per heavy atom. The fraction of sp³-hybridized carbons (Fsp3) is 0.409. The van der Waals surface area contributed by atoms with Crippen molar-refractivity contribution in [1.82, 2.24) is 24.3 Å². The van der Waals surface area contributed by atoms with Crippen LogP contribution in [-0.2, 0) is 13.6 Å². The van der Waals surface area contributed by atoms with Gasteiger partial charge in [-0.15, -0.1) is 0 Å². The number of rotatable bonds is 3. The average molecular weight is 438 g/mol.